The number of rotatable bonds is 10. The summed E-state index contributed by atoms with van der Waals surface area (Å²) in [6, 6.07) is 12.4. The second-order valence-corrected chi connectivity index (χ2v) is 16.8. The van der Waals surface area contributed by atoms with Crippen LogP contribution in [0.3, 0.4) is 0 Å². The SMILES string of the molecule is CC(=O)O[C@@H]1C[C@@H](c2cc(O)c(O)c(OCCc3cccnc3)c2)O[C@@H]([C@@H]2CSSC[C@@]3(NC(N)=NCCO)CCC[C@H](C3)Oc3cc(ccc3O)C2)C1. The minimum absolute atomic E-state index is 0.0538. The van der Waals surface area contributed by atoms with Gasteiger partial charge in [-0.1, -0.05) is 33.7 Å². The predicted molar refractivity (Wildman–Crippen MR) is 208 cm³/mol. The van der Waals surface area contributed by atoms with Crippen LogP contribution in [-0.4, -0.2) is 92.5 Å². The Bertz CT molecular complexity index is 1750. The number of hydrogen-bond donors (Lipinski definition) is 6. The molecule has 1 saturated heterocycles. The summed E-state index contributed by atoms with van der Waals surface area (Å²) in [4.78, 5) is 20.7. The van der Waals surface area contributed by atoms with E-state index in [4.69, 9.17) is 24.7 Å². The summed E-state index contributed by atoms with van der Waals surface area (Å²) in [5, 5.41) is 45.1. The van der Waals surface area contributed by atoms with E-state index in [1.807, 2.05) is 24.3 Å². The zero-order valence-corrected chi connectivity index (χ0v) is 32.0. The lowest BCUT2D eigenvalue weighted by atomic mass is 9.81. The van der Waals surface area contributed by atoms with E-state index in [2.05, 4.69) is 15.3 Å². The van der Waals surface area contributed by atoms with E-state index >= 15 is 0 Å². The van der Waals surface area contributed by atoms with Gasteiger partial charge in [0.25, 0.3) is 0 Å². The number of carbonyl (C=O) groups is 1. The third-order valence-electron chi connectivity index (χ3n) is 10.1. The third kappa shape index (κ3) is 10.6. The maximum absolute atomic E-state index is 12.3. The Morgan fingerprint density at radius 1 is 1.15 bits per heavy atom. The molecule has 0 unspecified atom stereocenters. The number of fused-ring (bicyclic) bond motifs is 4. The van der Waals surface area contributed by atoms with Gasteiger partial charge in [0.2, 0.25) is 5.75 Å². The van der Waals surface area contributed by atoms with Gasteiger partial charge in [0, 0.05) is 56.5 Å². The molecular formula is C39H50N4O9S2. The van der Waals surface area contributed by atoms with E-state index in [1.165, 1.54) is 13.0 Å². The summed E-state index contributed by atoms with van der Waals surface area (Å²) < 4.78 is 25.1. The monoisotopic (exact) mass is 782 g/mol. The van der Waals surface area contributed by atoms with Gasteiger partial charge in [-0.25, -0.2) is 0 Å². The highest BCUT2D eigenvalue weighted by Crippen LogP contribution is 2.45. The summed E-state index contributed by atoms with van der Waals surface area (Å²) >= 11 is 0. The summed E-state index contributed by atoms with van der Waals surface area (Å²) in [6.07, 6.45) is 7.15. The Hall–Kier alpha value is -4.05. The molecule has 3 heterocycles. The van der Waals surface area contributed by atoms with Crippen molar-refractivity contribution in [3.63, 3.8) is 0 Å². The van der Waals surface area contributed by atoms with Crippen LogP contribution in [0.15, 0.2) is 59.9 Å². The van der Waals surface area contributed by atoms with Crippen molar-refractivity contribution in [1.29, 1.82) is 0 Å². The number of aromatic nitrogens is 1. The van der Waals surface area contributed by atoms with Crippen LogP contribution in [0.4, 0.5) is 0 Å². The first-order chi connectivity index (χ1) is 26.1. The van der Waals surface area contributed by atoms with Gasteiger partial charge in [0.05, 0.1) is 37.5 Å². The Kier molecular flexibility index (Phi) is 13.6. The van der Waals surface area contributed by atoms with Gasteiger partial charge in [-0.2, -0.15) is 0 Å². The number of carbonyl (C=O) groups excluding carboxylic acids is 1. The summed E-state index contributed by atoms with van der Waals surface area (Å²) in [5.74, 6) is 1.17. The zero-order chi connectivity index (χ0) is 38.1. The molecule has 3 aromatic rings. The number of nitrogens with zero attached hydrogens (tertiary/aromatic N) is 2. The summed E-state index contributed by atoms with van der Waals surface area (Å²) in [5.41, 5.74) is 8.41. The smallest absolute Gasteiger partial charge is 0.302 e. The summed E-state index contributed by atoms with van der Waals surface area (Å²) in [6.45, 7) is 1.76. The van der Waals surface area contributed by atoms with Crippen molar-refractivity contribution in [1.82, 2.24) is 10.3 Å². The maximum atomic E-state index is 12.3. The molecule has 3 aliphatic rings. The Balaban J connectivity index is 1.25. The number of hydrogen-bond acceptors (Lipinski definition) is 13. The molecule has 7 N–H and O–H groups in total. The van der Waals surface area contributed by atoms with Crippen LogP contribution in [0.5, 0.6) is 28.7 Å². The molecular weight excluding hydrogens is 733 g/mol. The van der Waals surface area contributed by atoms with Crippen LogP contribution < -0.4 is 20.5 Å². The number of esters is 1. The van der Waals surface area contributed by atoms with Crippen molar-refractivity contribution in [3.05, 3.63) is 71.5 Å². The van der Waals surface area contributed by atoms with Crippen LogP contribution in [0.2, 0.25) is 0 Å². The van der Waals surface area contributed by atoms with Crippen molar-refractivity contribution in [2.24, 2.45) is 16.6 Å². The highest BCUT2D eigenvalue weighted by molar-refractivity contribution is 8.76. The fraction of sp³-hybridized carbons (Fsp3) is 0.513. The van der Waals surface area contributed by atoms with Gasteiger partial charge < -0.3 is 50.4 Å². The Morgan fingerprint density at radius 2 is 2.02 bits per heavy atom. The van der Waals surface area contributed by atoms with Crippen LogP contribution >= 0.6 is 21.6 Å². The minimum atomic E-state index is -0.575. The first kappa shape index (κ1) is 39.6. The van der Waals surface area contributed by atoms with Crippen molar-refractivity contribution in [2.45, 2.75) is 88.2 Å². The molecule has 292 valence electrons. The summed E-state index contributed by atoms with van der Waals surface area (Å²) in [7, 11) is 3.48. The number of phenols is 3. The number of phenolic OH excluding ortho intramolecular Hbond substituents is 3. The van der Waals surface area contributed by atoms with E-state index in [-0.39, 0.29) is 66.8 Å². The van der Waals surface area contributed by atoms with Gasteiger partial charge in [-0.05, 0) is 78.6 Å². The molecule has 0 radical (unpaired) electrons. The average molecular weight is 783 g/mol. The molecule has 15 heteroatoms. The second-order valence-electron chi connectivity index (χ2n) is 14.3. The van der Waals surface area contributed by atoms with Crippen LogP contribution in [0, 0.1) is 5.92 Å². The average Bonchev–Trinajstić information content (AvgIpc) is 3.15. The number of benzene rings is 2. The van der Waals surface area contributed by atoms with E-state index in [9.17, 15) is 25.2 Å². The highest BCUT2D eigenvalue weighted by Gasteiger charge is 2.40. The van der Waals surface area contributed by atoms with Crippen molar-refractivity contribution in [3.8, 4) is 28.7 Å². The molecule has 2 aliphatic heterocycles. The molecule has 2 aromatic carbocycles. The number of guanidine groups is 1. The van der Waals surface area contributed by atoms with Gasteiger partial charge in [0.1, 0.15) is 12.2 Å². The van der Waals surface area contributed by atoms with Crippen molar-refractivity contribution < 1.29 is 44.2 Å². The number of nitrogens with two attached hydrogens (primary N) is 1. The number of aliphatic hydroxyl groups is 1. The number of ether oxygens (including phenoxy) is 4. The molecule has 13 nitrogen and oxygen atoms in total. The molecule has 1 aliphatic carbocycles. The lowest BCUT2D eigenvalue weighted by Gasteiger charge is -2.41. The molecule has 1 aromatic heterocycles. The number of nitrogens with one attached hydrogen (secondary N) is 1. The van der Waals surface area contributed by atoms with Crippen molar-refractivity contribution in [2.75, 3.05) is 31.3 Å². The predicted octanol–water partition coefficient (Wildman–Crippen LogP) is 5.18. The van der Waals surface area contributed by atoms with Gasteiger partial charge in [0.15, 0.2) is 29.0 Å². The fourth-order valence-electron chi connectivity index (χ4n) is 7.52. The molecule has 6 rings (SSSR count). The molecule has 1 saturated carbocycles. The first-order valence-electron chi connectivity index (χ1n) is 18.4. The zero-order valence-electron chi connectivity index (χ0n) is 30.4. The van der Waals surface area contributed by atoms with Gasteiger partial charge in [-0.15, -0.1) is 0 Å². The highest BCUT2D eigenvalue weighted by atomic mass is 33.1. The quantitative estimate of drug-likeness (QED) is 0.0517. The van der Waals surface area contributed by atoms with E-state index in [0.29, 0.717) is 54.9 Å². The fourth-order valence-corrected chi connectivity index (χ4v) is 10.5. The molecule has 0 amide bonds. The molecule has 2 fully saturated rings. The Labute approximate surface area is 323 Å². The number of aromatic hydroxyl groups is 3. The molecule has 4 bridgehead atoms. The van der Waals surface area contributed by atoms with Gasteiger partial charge >= 0.3 is 5.97 Å². The van der Waals surface area contributed by atoms with E-state index in [1.54, 1.807) is 46.1 Å². The number of aliphatic imine (C=N–C) groups is 1. The molecule has 0 spiro atoms. The molecule has 6 atom stereocenters. The normalized spacial score (nSPS) is 26.3. The minimum Gasteiger partial charge on any atom is -0.504 e. The second kappa shape index (κ2) is 18.5. The standard InChI is InChI=1S/C39H50N4O9S2/c1-24(45)50-30-18-33(27-16-32(47)37(48)36(17-27)49-13-8-25-4-3-10-41-21-25)52-34(19-30)28-14-26-6-7-31(46)35(15-26)51-29-5-2-9-39(20-29,23-54-53-22-28)43-38(40)42-11-12-44/h3-4,6-7,10,15-17,21,28-30,33-34,44,46-48H,2,5,8-9,11-14,18-20,22-23H2,1H3,(H3,40,42,43)/t28-,29+,30+,33-,34+,39+/m0/s1. The Morgan fingerprint density at radius 3 is 2.81 bits per heavy atom. The van der Waals surface area contributed by atoms with Crippen LogP contribution in [0.1, 0.15) is 68.2 Å². The van der Waals surface area contributed by atoms with E-state index in [0.717, 1.165) is 30.4 Å². The van der Waals surface area contributed by atoms with E-state index < -0.39 is 23.7 Å². The van der Waals surface area contributed by atoms with Crippen LogP contribution in [0.25, 0.3) is 0 Å². The lowest BCUT2D eigenvalue weighted by molar-refractivity contribution is -0.163. The van der Waals surface area contributed by atoms with Crippen LogP contribution in [-0.2, 0) is 27.1 Å². The number of aliphatic hydroxyl groups excluding tert-OH is 1. The lowest BCUT2D eigenvalue weighted by Crippen LogP contribution is -2.57. The topological polar surface area (TPSA) is 198 Å². The van der Waals surface area contributed by atoms with Gasteiger partial charge in [-0.3, -0.25) is 14.8 Å². The first-order valence-corrected chi connectivity index (χ1v) is 20.9. The molecule has 54 heavy (non-hydrogen) atoms. The maximum Gasteiger partial charge on any atom is 0.302 e. The largest absolute Gasteiger partial charge is 0.504 e. The third-order valence-corrected chi connectivity index (χ3v) is 12.7. The van der Waals surface area contributed by atoms with Crippen molar-refractivity contribution >= 4 is 33.5 Å². The number of pyridine rings is 1.